The number of nitrogens with zero attached hydrogens (tertiary/aromatic N) is 1. The molecule has 1 atom stereocenters. The summed E-state index contributed by atoms with van der Waals surface area (Å²) in [7, 11) is 0. The number of carbonyl (C=O) groups is 1. The molecule has 1 aliphatic heterocycles. The maximum Gasteiger partial charge on any atom is 0.232 e. The molecule has 2 heterocycles. The van der Waals surface area contributed by atoms with Gasteiger partial charge >= 0.3 is 0 Å². The predicted molar refractivity (Wildman–Crippen MR) is 74.4 cm³/mol. The minimum absolute atomic E-state index is 0.0490. The molecule has 20 heavy (non-hydrogen) atoms. The third kappa shape index (κ3) is 2.05. The summed E-state index contributed by atoms with van der Waals surface area (Å²) in [4.78, 5) is 19.5. The molecule has 0 spiro atoms. The van der Waals surface area contributed by atoms with E-state index in [1.54, 1.807) is 12.5 Å². The number of fused-ring (bicyclic) bond motifs is 1. The lowest BCUT2D eigenvalue weighted by Gasteiger charge is -2.24. The minimum atomic E-state index is -0.659. The molecule has 2 aromatic rings. The summed E-state index contributed by atoms with van der Waals surface area (Å²) >= 11 is 0. The first-order chi connectivity index (χ1) is 9.59. The summed E-state index contributed by atoms with van der Waals surface area (Å²) in [5.41, 5.74) is 1.16. The normalized spacial score (nSPS) is 17.4. The summed E-state index contributed by atoms with van der Waals surface area (Å²) < 4.78 is 5.58. The van der Waals surface area contributed by atoms with Gasteiger partial charge < -0.3 is 15.0 Å². The van der Waals surface area contributed by atoms with Gasteiger partial charge in [-0.2, -0.15) is 0 Å². The number of benzene rings is 1. The van der Waals surface area contributed by atoms with Gasteiger partial charge in [-0.25, -0.2) is 4.98 Å². The van der Waals surface area contributed by atoms with Crippen molar-refractivity contribution in [2.45, 2.75) is 25.3 Å². The lowest BCUT2D eigenvalue weighted by Crippen LogP contribution is -2.42. The third-order valence-corrected chi connectivity index (χ3v) is 3.74. The first-order valence-electron chi connectivity index (χ1n) is 6.60. The Labute approximate surface area is 117 Å². The Bertz CT molecular complexity index is 620. The van der Waals surface area contributed by atoms with Crippen LogP contribution in [-0.2, 0) is 10.2 Å². The van der Waals surface area contributed by atoms with Crippen LogP contribution < -0.4 is 10.1 Å². The number of H-pyrrole nitrogens is 1. The smallest absolute Gasteiger partial charge is 0.232 e. The summed E-state index contributed by atoms with van der Waals surface area (Å²) in [6.07, 6.45) is 3.26. The average Bonchev–Trinajstić information content (AvgIpc) is 3.09. The zero-order chi connectivity index (χ0) is 14.2. The van der Waals surface area contributed by atoms with E-state index in [4.69, 9.17) is 4.74 Å². The van der Waals surface area contributed by atoms with Gasteiger partial charge in [-0.1, -0.05) is 18.2 Å². The highest BCUT2D eigenvalue weighted by atomic mass is 16.5. The van der Waals surface area contributed by atoms with Crippen LogP contribution in [0.15, 0.2) is 36.8 Å². The van der Waals surface area contributed by atoms with Crippen molar-refractivity contribution in [2.75, 3.05) is 6.61 Å². The molecule has 1 aliphatic rings. The van der Waals surface area contributed by atoms with Crippen LogP contribution in [0.3, 0.4) is 0 Å². The fourth-order valence-electron chi connectivity index (χ4n) is 2.34. The van der Waals surface area contributed by atoms with Crippen molar-refractivity contribution in [1.29, 1.82) is 0 Å². The molecule has 1 amide bonds. The van der Waals surface area contributed by atoms with Crippen LogP contribution in [0.2, 0.25) is 0 Å². The molecule has 1 aromatic carbocycles. The Balaban J connectivity index is 1.78. The molecule has 3 rings (SSSR count). The lowest BCUT2D eigenvalue weighted by molar-refractivity contribution is -0.126. The van der Waals surface area contributed by atoms with Crippen LogP contribution >= 0.6 is 0 Å². The predicted octanol–water partition coefficient (Wildman–Crippen LogP) is 1.94. The van der Waals surface area contributed by atoms with Crippen LogP contribution in [0.25, 0.3) is 0 Å². The van der Waals surface area contributed by atoms with E-state index in [9.17, 15) is 4.79 Å². The quantitative estimate of drug-likeness (QED) is 0.896. The Morgan fingerprint density at radius 1 is 1.45 bits per heavy atom. The Kier molecular flexibility index (Phi) is 2.97. The lowest BCUT2D eigenvalue weighted by atomic mass is 9.88. The van der Waals surface area contributed by atoms with Gasteiger partial charge in [-0.3, -0.25) is 4.79 Å². The van der Waals surface area contributed by atoms with Gasteiger partial charge in [0, 0.05) is 17.5 Å². The van der Waals surface area contributed by atoms with Crippen molar-refractivity contribution in [1.82, 2.24) is 15.3 Å². The summed E-state index contributed by atoms with van der Waals surface area (Å²) in [5.74, 6) is 0.796. The number of nitrogens with one attached hydrogen (secondary N) is 2. The van der Waals surface area contributed by atoms with Crippen LogP contribution in [0.5, 0.6) is 5.75 Å². The van der Waals surface area contributed by atoms with Crippen molar-refractivity contribution in [3.8, 4) is 5.75 Å². The zero-order valence-corrected chi connectivity index (χ0v) is 11.5. The van der Waals surface area contributed by atoms with Crippen LogP contribution in [0, 0.1) is 0 Å². The number of carbonyl (C=O) groups excluding carboxylic acids is 1. The maximum absolute atomic E-state index is 12.5. The largest absolute Gasteiger partial charge is 0.491 e. The van der Waals surface area contributed by atoms with E-state index in [1.807, 2.05) is 38.1 Å². The fourth-order valence-corrected chi connectivity index (χ4v) is 2.34. The Morgan fingerprint density at radius 3 is 3.00 bits per heavy atom. The maximum atomic E-state index is 12.5. The van der Waals surface area contributed by atoms with Crippen LogP contribution in [0.1, 0.15) is 31.1 Å². The van der Waals surface area contributed by atoms with E-state index in [0.29, 0.717) is 6.61 Å². The highest BCUT2D eigenvalue weighted by molar-refractivity contribution is 5.87. The van der Waals surface area contributed by atoms with E-state index in [1.165, 1.54) is 0 Å². The van der Waals surface area contributed by atoms with Crippen molar-refractivity contribution < 1.29 is 9.53 Å². The summed E-state index contributed by atoms with van der Waals surface area (Å²) in [6, 6.07) is 7.68. The molecule has 0 aliphatic carbocycles. The number of imidazole rings is 1. The number of rotatable bonds is 3. The molecule has 5 nitrogen and oxygen atoms in total. The number of hydrogen-bond acceptors (Lipinski definition) is 3. The number of aromatic nitrogens is 2. The van der Waals surface area contributed by atoms with Crippen molar-refractivity contribution in [2.24, 2.45) is 0 Å². The molecule has 0 saturated heterocycles. The molecular formula is C15H17N3O2. The molecule has 104 valence electrons. The fraction of sp³-hybridized carbons (Fsp3) is 0.333. The number of para-hydroxylation sites is 1. The number of amides is 1. The average molecular weight is 271 g/mol. The number of aromatic amines is 1. The standard InChI is InChI=1S/C15H17N3O2/c1-15(2,13-7-16-9-17-13)14(19)18-11-8-20-12-6-4-3-5-10(11)12/h3-7,9,11H,8H2,1-2H3,(H,16,17)(H,18,19). The first-order valence-corrected chi connectivity index (χ1v) is 6.60. The second-order valence-electron chi connectivity index (χ2n) is 5.47. The minimum Gasteiger partial charge on any atom is -0.491 e. The van der Waals surface area contributed by atoms with E-state index < -0.39 is 5.41 Å². The Morgan fingerprint density at radius 2 is 2.25 bits per heavy atom. The molecular weight excluding hydrogens is 254 g/mol. The molecule has 1 aromatic heterocycles. The monoisotopic (exact) mass is 271 g/mol. The topological polar surface area (TPSA) is 67.0 Å². The van der Waals surface area contributed by atoms with Crippen molar-refractivity contribution in [3.05, 3.63) is 48.0 Å². The molecule has 5 heteroatoms. The highest BCUT2D eigenvalue weighted by Gasteiger charge is 2.34. The highest BCUT2D eigenvalue weighted by Crippen LogP contribution is 2.32. The van der Waals surface area contributed by atoms with Gasteiger partial charge in [-0.05, 0) is 19.9 Å². The molecule has 1 unspecified atom stereocenters. The SMILES string of the molecule is CC(C)(C(=O)NC1COc2ccccc21)c1cnc[nH]1. The molecule has 0 bridgehead atoms. The van der Waals surface area contributed by atoms with E-state index in [0.717, 1.165) is 17.0 Å². The first kappa shape index (κ1) is 12.7. The zero-order valence-electron chi connectivity index (χ0n) is 11.5. The second kappa shape index (κ2) is 4.67. The van der Waals surface area contributed by atoms with Crippen molar-refractivity contribution in [3.63, 3.8) is 0 Å². The second-order valence-corrected chi connectivity index (χ2v) is 5.47. The van der Waals surface area contributed by atoms with Gasteiger partial charge in [0.25, 0.3) is 0 Å². The van der Waals surface area contributed by atoms with Gasteiger partial charge in [0.1, 0.15) is 12.4 Å². The molecule has 2 N–H and O–H groups in total. The number of hydrogen-bond donors (Lipinski definition) is 2. The van der Waals surface area contributed by atoms with Gasteiger partial charge in [0.15, 0.2) is 0 Å². The summed E-state index contributed by atoms with van der Waals surface area (Å²) in [6.45, 7) is 4.22. The van der Waals surface area contributed by atoms with E-state index in [2.05, 4.69) is 15.3 Å². The van der Waals surface area contributed by atoms with Gasteiger partial charge in [0.05, 0.1) is 17.8 Å². The Hall–Kier alpha value is -2.30. The summed E-state index contributed by atoms with van der Waals surface area (Å²) in [5, 5.41) is 3.05. The van der Waals surface area contributed by atoms with Crippen LogP contribution in [-0.4, -0.2) is 22.5 Å². The molecule has 0 radical (unpaired) electrons. The molecule has 0 saturated carbocycles. The number of ether oxygens (including phenoxy) is 1. The van der Waals surface area contributed by atoms with Gasteiger partial charge in [-0.15, -0.1) is 0 Å². The molecule has 0 fully saturated rings. The van der Waals surface area contributed by atoms with Crippen LogP contribution in [0.4, 0.5) is 0 Å². The van der Waals surface area contributed by atoms with E-state index in [-0.39, 0.29) is 11.9 Å². The van der Waals surface area contributed by atoms with Gasteiger partial charge in [0.2, 0.25) is 5.91 Å². The van der Waals surface area contributed by atoms with Crippen molar-refractivity contribution >= 4 is 5.91 Å². The van der Waals surface area contributed by atoms with E-state index >= 15 is 0 Å². The third-order valence-electron chi connectivity index (χ3n) is 3.74.